The molecule has 24 heavy (non-hydrogen) atoms. The number of hydrogen-bond donors (Lipinski definition) is 1. The molecule has 0 spiro atoms. The number of rotatable bonds is 4. The molecule has 7 heteroatoms. The van der Waals surface area contributed by atoms with Gasteiger partial charge in [-0.25, -0.2) is 4.79 Å². The van der Waals surface area contributed by atoms with Crippen molar-refractivity contribution in [2.75, 3.05) is 25.0 Å². The van der Waals surface area contributed by atoms with Crippen LogP contribution in [-0.2, 0) is 7.05 Å². The Bertz CT molecular complexity index is 683. The monoisotopic (exact) mass is 329 g/mol. The summed E-state index contributed by atoms with van der Waals surface area (Å²) >= 11 is 0. The van der Waals surface area contributed by atoms with Crippen LogP contribution in [0.25, 0.3) is 0 Å². The molecular formula is C17H23N5O2. The maximum absolute atomic E-state index is 12.3. The molecule has 0 radical (unpaired) electrons. The number of anilines is 1. The Balaban J connectivity index is 1.50. The van der Waals surface area contributed by atoms with E-state index < -0.39 is 0 Å². The first-order chi connectivity index (χ1) is 11.6. The minimum Gasteiger partial charge on any atom is -0.493 e. The van der Waals surface area contributed by atoms with Crippen molar-refractivity contribution in [3.05, 3.63) is 36.0 Å². The predicted octanol–water partition coefficient (Wildman–Crippen LogP) is 2.45. The van der Waals surface area contributed by atoms with E-state index >= 15 is 0 Å². The summed E-state index contributed by atoms with van der Waals surface area (Å²) < 4.78 is 7.43. The fraction of sp³-hybridized carbons (Fsp3) is 0.471. The Labute approximate surface area is 141 Å². The van der Waals surface area contributed by atoms with Crippen LogP contribution in [0, 0.1) is 12.8 Å². The van der Waals surface area contributed by atoms with Crippen LogP contribution < -0.4 is 10.1 Å². The Kier molecular flexibility index (Phi) is 4.98. The number of aryl methyl sites for hydroxylation is 2. The minimum absolute atomic E-state index is 0.129. The second-order valence-electron chi connectivity index (χ2n) is 6.29. The van der Waals surface area contributed by atoms with Crippen molar-refractivity contribution < 1.29 is 9.53 Å². The van der Waals surface area contributed by atoms with E-state index in [-0.39, 0.29) is 6.03 Å². The minimum atomic E-state index is -0.129. The number of amides is 2. The summed E-state index contributed by atoms with van der Waals surface area (Å²) in [5.41, 5.74) is 1.21. The lowest BCUT2D eigenvalue weighted by Crippen LogP contribution is -2.43. The van der Waals surface area contributed by atoms with Gasteiger partial charge in [-0.1, -0.05) is 22.9 Å². The molecule has 1 atom stereocenters. The Morgan fingerprint density at radius 1 is 1.38 bits per heavy atom. The number of nitrogens with one attached hydrogen (secondary N) is 1. The van der Waals surface area contributed by atoms with Crippen molar-refractivity contribution in [3.8, 4) is 5.75 Å². The molecule has 1 aromatic carbocycles. The van der Waals surface area contributed by atoms with Gasteiger partial charge >= 0.3 is 6.03 Å². The molecule has 1 aliphatic heterocycles. The van der Waals surface area contributed by atoms with Gasteiger partial charge in [0, 0.05) is 26.1 Å². The third kappa shape index (κ3) is 4.24. The molecule has 2 heterocycles. The van der Waals surface area contributed by atoms with Crippen molar-refractivity contribution in [3.63, 3.8) is 0 Å². The zero-order valence-electron chi connectivity index (χ0n) is 14.1. The van der Waals surface area contributed by atoms with Gasteiger partial charge < -0.3 is 9.64 Å². The van der Waals surface area contributed by atoms with Crippen LogP contribution in [0.1, 0.15) is 18.4 Å². The molecule has 128 valence electrons. The van der Waals surface area contributed by atoms with Gasteiger partial charge in [-0.3, -0.25) is 10.00 Å². The number of nitrogens with zero attached hydrogens (tertiary/aromatic N) is 4. The quantitative estimate of drug-likeness (QED) is 0.935. The van der Waals surface area contributed by atoms with Crippen molar-refractivity contribution >= 4 is 11.8 Å². The maximum atomic E-state index is 12.3. The highest BCUT2D eigenvalue weighted by atomic mass is 16.5. The lowest BCUT2D eigenvalue weighted by molar-refractivity contribution is 0.145. The predicted molar refractivity (Wildman–Crippen MR) is 91.0 cm³/mol. The summed E-state index contributed by atoms with van der Waals surface area (Å²) in [6.07, 6.45) is 3.73. The van der Waals surface area contributed by atoms with Crippen LogP contribution >= 0.6 is 0 Å². The fourth-order valence-electron chi connectivity index (χ4n) is 2.83. The summed E-state index contributed by atoms with van der Waals surface area (Å²) in [7, 11) is 1.77. The van der Waals surface area contributed by atoms with Gasteiger partial charge in [-0.2, -0.15) is 0 Å². The third-order valence-corrected chi connectivity index (χ3v) is 4.15. The second-order valence-corrected chi connectivity index (χ2v) is 6.29. The number of likely N-dealkylation sites (tertiary alicyclic amines) is 1. The number of aromatic nitrogens is 3. The molecule has 1 fully saturated rings. The SMILES string of the molecule is Cc1ccc(OC[C@H]2CCCN(C(=O)Nc3cn(C)nn3)C2)cc1. The number of carbonyl (C=O) groups excluding carboxylic acids is 1. The second kappa shape index (κ2) is 7.33. The fourth-order valence-corrected chi connectivity index (χ4v) is 2.83. The van der Waals surface area contributed by atoms with Crippen molar-refractivity contribution in [2.24, 2.45) is 13.0 Å². The first-order valence-electron chi connectivity index (χ1n) is 8.22. The summed E-state index contributed by atoms with van der Waals surface area (Å²) in [6, 6.07) is 7.91. The van der Waals surface area contributed by atoms with Gasteiger partial charge in [-0.15, -0.1) is 5.10 Å². The average molecular weight is 329 g/mol. The number of carbonyl (C=O) groups is 1. The topological polar surface area (TPSA) is 72.3 Å². The molecule has 2 aromatic rings. The normalized spacial score (nSPS) is 17.6. The molecule has 1 aromatic heterocycles. The first kappa shape index (κ1) is 16.3. The van der Waals surface area contributed by atoms with E-state index in [9.17, 15) is 4.79 Å². The number of benzene rings is 1. The molecule has 1 N–H and O–H groups in total. The van der Waals surface area contributed by atoms with Crippen LogP contribution in [0.2, 0.25) is 0 Å². The Hall–Kier alpha value is -2.57. The molecule has 0 aliphatic carbocycles. The molecule has 0 bridgehead atoms. The molecule has 2 amide bonds. The van der Waals surface area contributed by atoms with Crippen LogP contribution in [0.3, 0.4) is 0 Å². The highest BCUT2D eigenvalue weighted by Crippen LogP contribution is 2.20. The molecule has 3 rings (SSSR count). The van der Waals surface area contributed by atoms with Crippen molar-refractivity contribution in [1.82, 2.24) is 19.9 Å². The van der Waals surface area contributed by atoms with Crippen molar-refractivity contribution in [2.45, 2.75) is 19.8 Å². The van der Waals surface area contributed by atoms with E-state index in [0.29, 0.717) is 24.9 Å². The molecule has 7 nitrogen and oxygen atoms in total. The zero-order chi connectivity index (χ0) is 16.9. The largest absolute Gasteiger partial charge is 0.493 e. The number of piperidine rings is 1. The van der Waals surface area contributed by atoms with Gasteiger partial charge in [-0.05, 0) is 31.9 Å². The van der Waals surface area contributed by atoms with E-state index in [1.807, 2.05) is 29.2 Å². The number of urea groups is 1. The zero-order valence-corrected chi connectivity index (χ0v) is 14.1. The van der Waals surface area contributed by atoms with Crippen molar-refractivity contribution in [1.29, 1.82) is 0 Å². The van der Waals surface area contributed by atoms with E-state index in [0.717, 1.165) is 25.1 Å². The summed E-state index contributed by atoms with van der Waals surface area (Å²) in [5, 5.41) is 10.5. The van der Waals surface area contributed by atoms with Gasteiger partial charge in [0.2, 0.25) is 0 Å². The first-order valence-corrected chi connectivity index (χ1v) is 8.22. The number of hydrogen-bond acceptors (Lipinski definition) is 4. The van der Waals surface area contributed by atoms with Gasteiger partial charge in [0.05, 0.1) is 12.8 Å². The Morgan fingerprint density at radius 3 is 2.88 bits per heavy atom. The van der Waals surface area contributed by atoms with Gasteiger partial charge in [0.1, 0.15) is 5.75 Å². The molecular weight excluding hydrogens is 306 g/mol. The van der Waals surface area contributed by atoms with E-state index in [1.54, 1.807) is 17.9 Å². The molecule has 0 saturated carbocycles. The molecule has 1 aliphatic rings. The lowest BCUT2D eigenvalue weighted by atomic mass is 9.99. The van der Waals surface area contributed by atoms with Gasteiger partial charge in [0.15, 0.2) is 5.82 Å². The average Bonchev–Trinajstić information content (AvgIpc) is 2.99. The van der Waals surface area contributed by atoms with Gasteiger partial charge in [0.25, 0.3) is 0 Å². The standard InChI is InChI=1S/C17H23N5O2/c1-13-5-7-15(8-6-13)24-12-14-4-3-9-22(10-14)17(23)18-16-11-21(2)20-19-16/h5-8,11,14H,3-4,9-10,12H2,1-2H3,(H,18,23)/t14-/m0/s1. The lowest BCUT2D eigenvalue weighted by Gasteiger charge is -2.32. The smallest absolute Gasteiger partial charge is 0.323 e. The van der Waals surface area contributed by atoms with E-state index in [4.69, 9.17) is 4.74 Å². The third-order valence-electron chi connectivity index (χ3n) is 4.15. The van der Waals surface area contributed by atoms with Crippen LogP contribution in [0.5, 0.6) is 5.75 Å². The van der Waals surface area contributed by atoms with Crippen LogP contribution in [0.15, 0.2) is 30.5 Å². The highest BCUT2D eigenvalue weighted by molar-refractivity contribution is 5.88. The molecule has 1 saturated heterocycles. The number of ether oxygens (including phenoxy) is 1. The highest BCUT2D eigenvalue weighted by Gasteiger charge is 2.24. The summed E-state index contributed by atoms with van der Waals surface area (Å²) in [6.45, 7) is 4.13. The summed E-state index contributed by atoms with van der Waals surface area (Å²) in [5.74, 6) is 1.69. The van der Waals surface area contributed by atoms with E-state index in [1.165, 1.54) is 5.56 Å². The maximum Gasteiger partial charge on any atom is 0.323 e. The summed E-state index contributed by atoms with van der Waals surface area (Å²) in [4.78, 5) is 14.2. The van der Waals surface area contributed by atoms with Crippen LogP contribution in [-0.4, -0.2) is 45.6 Å². The molecule has 0 unspecified atom stereocenters. The Morgan fingerprint density at radius 2 is 2.17 bits per heavy atom. The van der Waals surface area contributed by atoms with E-state index in [2.05, 4.69) is 22.6 Å². The van der Waals surface area contributed by atoms with Crippen LogP contribution in [0.4, 0.5) is 10.6 Å².